The van der Waals surface area contributed by atoms with E-state index in [0.29, 0.717) is 6.04 Å². The molecule has 0 aliphatic rings. The van der Waals surface area contributed by atoms with E-state index in [1.165, 1.54) is 13.0 Å². The predicted octanol–water partition coefficient (Wildman–Crippen LogP) is 2.99. The summed E-state index contributed by atoms with van der Waals surface area (Å²) in [6.07, 6.45) is 1.30. The summed E-state index contributed by atoms with van der Waals surface area (Å²) in [5.74, 6) is 0.788. The number of nitrogens with zero attached hydrogens (tertiary/aromatic N) is 1. The minimum absolute atomic E-state index is 0.617. The summed E-state index contributed by atoms with van der Waals surface area (Å²) in [6.45, 7) is 16.4. The van der Waals surface area contributed by atoms with Crippen LogP contribution in [0.5, 0.6) is 0 Å². The summed E-state index contributed by atoms with van der Waals surface area (Å²) < 4.78 is 0. The molecule has 0 aromatic carbocycles. The molecule has 0 saturated heterocycles. The molecule has 1 N–H and O–H groups in total. The van der Waals surface area contributed by atoms with Crippen molar-refractivity contribution in [3.8, 4) is 0 Å². The molecular weight excluding hydrogens is 184 g/mol. The van der Waals surface area contributed by atoms with E-state index >= 15 is 0 Å². The van der Waals surface area contributed by atoms with Gasteiger partial charge in [0.15, 0.2) is 0 Å². The highest BCUT2D eigenvalue weighted by Gasteiger charge is 2.03. The van der Waals surface area contributed by atoms with Gasteiger partial charge < -0.3 is 10.2 Å². The fourth-order valence-corrected chi connectivity index (χ4v) is 1.14. The first-order valence-electron chi connectivity index (χ1n) is 6.48. The molecule has 2 nitrogen and oxygen atoms in total. The molecule has 0 aromatic rings. The van der Waals surface area contributed by atoms with Crippen molar-refractivity contribution in [3.63, 3.8) is 0 Å². The van der Waals surface area contributed by atoms with E-state index in [2.05, 4.69) is 45.0 Å². The summed E-state index contributed by atoms with van der Waals surface area (Å²) in [6, 6.07) is 0.617. The number of hydrogen-bond acceptors (Lipinski definition) is 2. The fourth-order valence-electron chi connectivity index (χ4n) is 1.14. The van der Waals surface area contributed by atoms with E-state index < -0.39 is 0 Å². The molecule has 2 heteroatoms. The Labute approximate surface area is 97.4 Å². The van der Waals surface area contributed by atoms with Crippen molar-refractivity contribution in [3.05, 3.63) is 0 Å². The average Bonchev–Trinajstić information content (AvgIpc) is 2.25. The SMILES string of the molecule is CC.CCN(C)CCC(C)CNC(C)C. The smallest absolute Gasteiger partial charge is 0.00104 e. The molecule has 94 valence electrons. The summed E-state index contributed by atoms with van der Waals surface area (Å²) in [7, 11) is 2.18. The Kier molecular flexibility index (Phi) is 13.8. The predicted molar refractivity (Wildman–Crippen MR) is 71.4 cm³/mol. The van der Waals surface area contributed by atoms with Crippen LogP contribution in [0, 0.1) is 5.92 Å². The number of nitrogens with one attached hydrogen (secondary N) is 1. The molecule has 0 spiro atoms. The minimum atomic E-state index is 0.617. The molecule has 1 atom stereocenters. The molecule has 0 heterocycles. The zero-order chi connectivity index (χ0) is 12.3. The Morgan fingerprint density at radius 3 is 2.07 bits per heavy atom. The molecule has 0 rings (SSSR count). The van der Waals surface area contributed by atoms with Gasteiger partial charge in [0.1, 0.15) is 0 Å². The zero-order valence-corrected chi connectivity index (χ0v) is 11.9. The second-order valence-corrected chi connectivity index (χ2v) is 4.35. The molecule has 0 aromatic heterocycles. The van der Waals surface area contributed by atoms with E-state index in [9.17, 15) is 0 Å². The third-order valence-electron chi connectivity index (χ3n) is 2.42. The minimum Gasteiger partial charge on any atom is -0.314 e. The van der Waals surface area contributed by atoms with Gasteiger partial charge in [0.2, 0.25) is 0 Å². The second-order valence-electron chi connectivity index (χ2n) is 4.35. The molecule has 0 amide bonds. The number of rotatable bonds is 7. The molecule has 0 bridgehead atoms. The topological polar surface area (TPSA) is 15.3 Å². The summed E-state index contributed by atoms with van der Waals surface area (Å²) in [4.78, 5) is 2.37. The maximum absolute atomic E-state index is 3.47. The largest absolute Gasteiger partial charge is 0.314 e. The molecule has 0 aliphatic carbocycles. The summed E-state index contributed by atoms with van der Waals surface area (Å²) in [5, 5.41) is 3.47. The van der Waals surface area contributed by atoms with Crippen LogP contribution in [0.2, 0.25) is 0 Å². The molecule has 0 radical (unpaired) electrons. The van der Waals surface area contributed by atoms with Gasteiger partial charge in [-0.05, 0) is 39.0 Å². The van der Waals surface area contributed by atoms with Crippen LogP contribution in [0.3, 0.4) is 0 Å². The van der Waals surface area contributed by atoms with Gasteiger partial charge in [-0.3, -0.25) is 0 Å². The Morgan fingerprint density at radius 2 is 1.67 bits per heavy atom. The highest BCUT2D eigenvalue weighted by Crippen LogP contribution is 2.01. The Balaban J connectivity index is 0. The lowest BCUT2D eigenvalue weighted by Gasteiger charge is -2.18. The van der Waals surface area contributed by atoms with Crippen molar-refractivity contribution in [2.24, 2.45) is 5.92 Å². The van der Waals surface area contributed by atoms with Gasteiger partial charge in [-0.15, -0.1) is 0 Å². The maximum Gasteiger partial charge on any atom is 0.00104 e. The first-order valence-corrected chi connectivity index (χ1v) is 6.48. The van der Waals surface area contributed by atoms with Gasteiger partial charge in [-0.1, -0.05) is 41.5 Å². The van der Waals surface area contributed by atoms with Crippen LogP contribution in [-0.4, -0.2) is 37.6 Å². The molecule has 0 aliphatic heterocycles. The normalized spacial score (nSPS) is 12.6. The zero-order valence-electron chi connectivity index (χ0n) is 11.9. The average molecular weight is 216 g/mol. The van der Waals surface area contributed by atoms with Gasteiger partial charge in [0, 0.05) is 6.04 Å². The summed E-state index contributed by atoms with van der Waals surface area (Å²) >= 11 is 0. The van der Waals surface area contributed by atoms with Crippen LogP contribution in [0.4, 0.5) is 0 Å². The van der Waals surface area contributed by atoms with Crippen LogP contribution in [0.15, 0.2) is 0 Å². The van der Waals surface area contributed by atoms with E-state index in [0.717, 1.165) is 19.0 Å². The number of hydrogen-bond donors (Lipinski definition) is 1. The highest BCUT2D eigenvalue weighted by molar-refractivity contribution is 4.61. The van der Waals surface area contributed by atoms with Crippen molar-refractivity contribution in [1.29, 1.82) is 0 Å². The van der Waals surface area contributed by atoms with Gasteiger partial charge >= 0.3 is 0 Å². The molecule has 1 unspecified atom stereocenters. The van der Waals surface area contributed by atoms with Gasteiger partial charge in [-0.2, -0.15) is 0 Å². The van der Waals surface area contributed by atoms with Crippen molar-refractivity contribution < 1.29 is 0 Å². The van der Waals surface area contributed by atoms with Crippen LogP contribution >= 0.6 is 0 Å². The van der Waals surface area contributed by atoms with E-state index in [1.807, 2.05) is 13.8 Å². The first kappa shape index (κ1) is 17.3. The van der Waals surface area contributed by atoms with Crippen molar-refractivity contribution in [1.82, 2.24) is 10.2 Å². The van der Waals surface area contributed by atoms with E-state index in [-0.39, 0.29) is 0 Å². The Bertz CT molecular complexity index is 113. The van der Waals surface area contributed by atoms with Crippen molar-refractivity contribution in [2.75, 3.05) is 26.7 Å². The third kappa shape index (κ3) is 13.9. The standard InChI is InChI=1S/C11H26N2.C2H6/c1-6-13(5)8-7-11(4)9-12-10(2)3;1-2/h10-12H,6-9H2,1-5H3;1-2H3. The van der Waals surface area contributed by atoms with Crippen LogP contribution in [0.25, 0.3) is 0 Å². The summed E-state index contributed by atoms with van der Waals surface area (Å²) in [5.41, 5.74) is 0. The fraction of sp³-hybridized carbons (Fsp3) is 1.00. The lowest BCUT2D eigenvalue weighted by Crippen LogP contribution is -2.30. The second kappa shape index (κ2) is 12.0. The first-order chi connectivity index (χ1) is 7.06. The van der Waals surface area contributed by atoms with Gasteiger partial charge in [0.25, 0.3) is 0 Å². The van der Waals surface area contributed by atoms with Crippen LogP contribution in [-0.2, 0) is 0 Å². The van der Waals surface area contributed by atoms with Crippen molar-refractivity contribution >= 4 is 0 Å². The molecule has 15 heavy (non-hydrogen) atoms. The van der Waals surface area contributed by atoms with Gasteiger partial charge in [0.05, 0.1) is 0 Å². The lowest BCUT2D eigenvalue weighted by molar-refractivity contribution is 0.313. The highest BCUT2D eigenvalue weighted by atomic mass is 15.1. The third-order valence-corrected chi connectivity index (χ3v) is 2.42. The lowest BCUT2D eigenvalue weighted by atomic mass is 10.1. The Hall–Kier alpha value is -0.0800. The van der Waals surface area contributed by atoms with E-state index in [1.54, 1.807) is 0 Å². The molecular formula is C13H32N2. The molecule has 0 saturated carbocycles. The Morgan fingerprint density at radius 1 is 1.13 bits per heavy atom. The van der Waals surface area contributed by atoms with Gasteiger partial charge in [-0.25, -0.2) is 0 Å². The maximum atomic E-state index is 3.47. The monoisotopic (exact) mass is 216 g/mol. The van der Waals surface area contributed by atoms with Crippen LogP contribution < -0.4 is 5.32 Å². The van der Waals surface area contributed by atoms with Crippen LogP contribution in [0.1, 0.15) is 48.0 Å². The van der Waals surface area contributed by atoms with E-state index in [4.69, 9.17) is 0 Å². The molecule has 0 fully saturated rings. The quantitative estimate of drug-likeness (QED) is 0.704. The van der Waals surface area contributed by atoms with Crippen molar-refractivity contribution in [2.45, 2.75) is 54.0 Å².